The van der Waals surface area contributed by atoms with E-state index in [4.69, 9.17) is 19.7 Å². The number of hydrogen-bond donors (Lipinski definition) is 0. The number of methoxy groups -OCH3 is 1. The predicted molar refractivity (Wildman–Crippen MR) is 447 cm³/mol. The maximum atomic E-state index is 14.1. The highest BCUT2D eigenvalue weighted by Gasteiger charge is 2.39. The Balaban J connectivity index is 0.000000125. The number of carbonyl (C=O) groups excluding carboxylic acids is 8. The summed E-state index contributed by atoms with van der Waals surface area (Å²) in [4.78, 5) is 131. The molecule has 0 saturated carbocycles. The Hall–Kier alpha value is -14.7. The van der Waals surface area contributed by atoms with Crippen molar-refractivity contribution >= 4 is 90.3 Å². The molecule has 4 aliphatic heterocycles. The van der Waals surface area contributed by atoms with Gasteiger partial charge in [-0.3, -0.25) is 67.9 Å². The molecule has 7 heterocycles. The standard InChI is InChI=1S/C42H38N4O3.C19H13NO2.2C18H12N2O2/c1-4-6-9-18-31(5-2)46-41(47)33-24-23-32(37-35(49-3)26-25-34(36(33)37)42(46)48)40-44-38(29-16-12-8-13-17-29)43-39(45-40)30-21-19-28(20-22-30)27-14-10-7-11-15-27;1-20-18(21)15-9-5-8-14-13(12-6-3-2-4-7-12)10-11-16(17(14)15)19(20)22;1-20-17(21)14-6-2-5-13-12(11-4-3-9-19-10-11)7-8-15(16(13)14)18(20)22;1-20-17(21)13-6-4-5-12-11(15-7-2-3-10-19-15)8-9-14(16(12)13)18(20)22/h7-8,10-17,19-26,31H,4-6,9,18H2,1-3H3;2-11H,1H3;2*2-10H,1H3. The highest BCUT2D eigenvalue weighted by Crippen LogP contribution is 2.44. The second kappa shape index (κ2) is 31.6. The molecule has 18 nitrogen and oxygen atoms in total. The van der Waals surface area contributed by atoms with Crippen LogP contribution in [0.1, 0.15) is 129 Å². The second-order valence-electron chi connectivity index (χ2n) is 28.4. The number of amides is 8. The van der Waals surface area contributed by atoms with Gasteiger partial charge in [-0.15, -0.1) is 0 Å². The van der Waals surface area contributed by atoms with Gasteiger partial charge in [0.2, 0.25) is 0 Å². The van der Waals surface area contributed by atoms with Crippen LogP contribution in [-0.4, -0.2) is 126 Å². The maximum absolute atomic E-state index is 14.1. The normalized spacial score (nSPS) is 13.5. The Labute approximate surface area is 663 Å². The van der Waals surface area contributed by atoms with Crippen molar-refractivity contribution in [2.24, 2.45) is 0 Å². The minimum atomic E-state index is -0.273. The molecule has 19 rings (SSSR count). The molecule has 115 heavy (non-hydrogen) atoms. The van der Waals surface area contributed by atoms with Crippen molar-refractivity contribution in [3.05, 3.63) is 324 Å². The lowest BCUT2D eigenvalue weighted by atomic mass is 9.89. The summed E-state index contributed by atoms with van der Waals surface area (Å²) in [5.41, 5.74) is 14.8. The summed E-state index contributed by atoms with van der Waals surface area (Å²) in [7, 11) is 6.15. The molecule has 0 radical (unpaired) electrons. The Morgan fingerprint density at radius 2 is 0.704 bits per heavy atom. The molecule has 1 atom stereocenters. The average Bonchev–Trinajstić information content (AvgIpc) is 0.724. The number of nitrogens with zero attached hydrogens (tertiary/aromatic N) is 9. The van der Waals surface area contributed by atoms with Crippen LogP contribution in [0.5, 0.6) is 5.75 Å². The smallest absolute Gasteiger partial charge is 0.261 e. The van der Waals surface area contributed by atoms with Crippen LogP contribution in [0.15, 0.2) is 279 Å². The van der Waals surface area contributed by atoms with E-state index in [2.05, 4.69) is 41.2 Å². The zero-order chi connectivity index (χ0) is 79.7. The summed E-state index contributed by atoms with van der Waals surface area (Å²) in [5.74, 6) is -0.0816. The van der Waals surface area contributed by atoms with Crippen LogP contribution in [0, 0.1) is 0 Å². The molecule has 0 fully saturated rings. The molecule has 12 aromatic carbocycles. The van der Waals surface area contributed by atoms with Gasteiger partial charge < -0.3 is 4.74 Å². The first-order valence-corrected chi connectivity index (χ1v) is 38.1. The third-order valence-electron chi connectivity index (χ3n) is 21.7. The van der Waals surface area contributed by atoms with Crippen molar-refractivity contribution in [2.45, 2.75) is 52.0 Å². The summed E-state index contributed by atoms with van der Waals surface area (Å²) in [5, 5.41) is 6.14. The van der Waals surface area contributed by atoms with Crippen LogP contribution >= 0.6 is 0 Å². The molecule has 3 aromatic heterocycles. The number of carbonyl (C=O) groups is 8. The van der Waals surface area contributed by atoms with Crippen molar-refractivity contribution in [2.75, 3.05) is 28.3 Å². The Bertz CT molecular complexity index is 5980. The van der Waals surface area contributed by atoms with Gasteiger partial charge in [-0.2, -0.15) is 0 Å². The summed E-state index contributed by atoms with van der Waals surface area (Å²) >= 11 is 0. The largest absolute Gasteiger partial charge is 0.496 e. The van der Waals surface area contributed by atoms with Crippen LogP contribution in [0.25, 0.3) is 122 Å². The topological polar surface area (TPSA) is 223 Å². The van der Waals surface area contributed by atoms with Gasteiger partial charge in [-0.05, 0) is 136 Å². The Morgan fingerprint density at radius 1 is 0.313 bits per heavy atom. The maximum Gasteiger partial charge on any atom is 0.261 e. The molecule has 0 N–H and O–H groups in total. The van der Waals surface area contributed by atoms with E-state index in [9.17, 15) is 38.4 Å². The van der Waals surface area contributed by atoms with E-state index in [0.717, 1.165) is 119 Å². The minimum absolute atomic E-state index is 0.163. The number of imide groups is 4. The van der Waals surface area contributed by atoms with Crippen molar-refractivity contribution in [3.63, 3.8) is 0 Å². The van der Waals surface area contributed by atoms with E-state index in [-0.39, 0.29) is 53.3 Å². The van der Waals surface area contributed by atoms with Gasteiger partial charge in [-0.25, -0.2) is 15.0 Å². The van der Waals surface area contributed by atoms with Gasteiger partial charge in [0.1, 0.15) is 5.75 Å². The van der Waals surface area contributed by atoms with Crippen molar-refractivity contribution in [3.8, 4) is 84.6 Å². The third kappa shape index (κ3) is 13.6. The van der Waals surface area contributed by atoms with Crippen molar-refractivity contribution in [1.82, 2.24) is 44.5 Å². The van der Waals surface area contributed by atoms with E-state index in [0.29, 0.717) is 90.5 Å². The molecule has 15 aromatic rings. The molecule has 0 aliphatic carbocycles. The summed E-state index contributed by atoms with van der Waals surface area (Å²) in [6.45, 7) is 4.19. The molecule has 1 unspecified atom stereocenters. The lowest BCUT2D eigenvalue weighted by Crippen LogP contribution is -2.47. The van der Waals surface area contributed by atoms with Gasteiger partial charge >= 0.3 is 0 Å². The lowest BCUT2D eigenvalue weighted by Gasteiger charge is -2.34. The first-order valence-electron chi connectivity index (χ1n) is 38.1. The van der Waals surface area contributed by atoms with Crippen LogP contribution in [0.2, 0.25) is 0 Å². The monoisotopic (exact) mass is 1510 g/mol. The Kier molecular flexibility index (Phi) is 20.5. The van der Waals surface area contributed by atoms with E-state index >= 15 is 0 Å². The van der Waals surface area contributed by atoms with Gasteiger partial charge in [0, 0.05) is 145 Å². The van der Waals surface area contributed by atoms with Gasteiger partial charge in [0.15, 0.2) is 17.5 Å². The van der Waals surface area contributed by atoms with E-state index < -0.39 is 0 Å². The number of pyridine rings is 2. The van der Waals surface area contributed by atoms with Crippen molar-refractivity contribution in [1.29, 1.82) is 0 Å². The minimum Gasteiger partial charge on any atom is -0.496 e. The van der Waals surface area contributed by atoms with Gasteiger partial charge in [-0.1, -0.05) is 215 Å². The fourth-order valence-electron chi connectivity index (χ4n) is 15.8. The molecule has 8 amide bonds. The fraction of sp³-hybridized carbons (Fsp3) is 0.124. The second-order valence-corrected chi connectivity index (χ2v) is 28.4. The molecule has 562 valence electrons. The number of rotatable bonds is 14. The van der Waals surface area contributed by atoms with Gasteiger partial charge in [0.25, 0.3) is 47.3 Å². The zero-order valence-corrected chi connectivity index (χ0v) is 63.9. The van der Waals surface area contributed by atoms with Crippen LogP contribution in [-0.2, 0) is 0 Å². The molecule has 0 bridgehead atoms. The zero-order valence-electron chi connectivity index (χ0n) is 63.9. The number of hydrogen-bond acceptors (Lipinski definition) is 14. The molecule has 4 aliphatic rings. The highest BCUT2D eigenvalue weighted by atomic mass is 16.5. The van der Waals surface area contributed by atoms with E-state index in [1.807, 2.05) is 195 Å². The SMILES string of the molecule is CCCCCC(CC)N1C(=O)c2ccc(OC)c3c(-c4nc(-c5ccccc5)nc(-c5ccc(-c6ccccc6)cc5)n4)ccc(c23)C1=O.CN1C(=O)c2cccc3c(-c4ccccc4)ccc(c23)C1=O.CN1C(=O)c2cccc3c(-c4ccccn4)ccc(c23)C1=O.CN1C(=O)c2cccc3c(-c4cccnc4)ccc(c23)C1=O. The van der Waals surface area contributed by atoms with Crippen LogP contribution < -0.4 is 4.74 Å². The summed E-state index contributed by atoms with van der Waals surface area (Å²) in [6, 6.07) is 82.7. The molecular formula is C97H75N9O9. The first-order chi connectivity index (χ1) is 56.1. The molecule has 0 spiro atoms. The highest BCUT2D eigenvalue weighted by molar-refractivity contribution is 6.30. The predicted octanol–water partition coefficient (Wildman–Crippen LogP) is 19.6. The summed E-state index contributed by atoms with van der Waals surface area (Å²) < 4.78 is 5.88. The number of benzene rings is 12. The molecule has 0 saturated heterocycles. The van der Waals surface area contributed by atoms with E-state index in [1.54, 1.807) is 74.2 Å². The van der Waals surface area contributed by atoms with Gasteiger partial charge in [0.05, 0.1) is 12.8 Å². The van der Waals surface area contributed by atoms with Crippen LogP contribution in [0.3, 0.4) is 0 Å². The Morgan fingerprint density at radius 3 is 1.17 bits per heavy atom. The number of ether oxygens (including phenoxy) is 1. The van der Waals surface area contributed by atoms with Crippen molar-refractivity contribution < 1.29 is 43.1 Å². The molecular weight excluding hydrogens is 1440 g/mol. The molecule has 18 heteroatoms. The van der Waals surface area contributed by atoms with Crippen LogP contribution in [0.4, 0.5) is 0 Å². The quantitative estimate of drug-likeness (QED) is 0.0730. The lowest BCUT2D eigenvalue weighted by molar-refractivity contribution is 0.0519. The average molecular weight is 1510 g/mol. The number of aromatic nitrogens is 5. The summed E-state index contributed by atoms with van der Waals surface area (Å²) in [6.07, 6.45) is 9.83. The van der Waals surface area contributed by atoms with E-state index in [1.165, 1.54) is 35.8 Å². The third-order valence-corrected chi connectivity index (χ3v) is 21.7. The number of unbranched alkanes of at least 4 members (excludes halogenated alkanes) is 2. The fourth-order valence-corrected chi connectivity index (χ4v) is 15.8. The first kappa shape index (κ1) is 74.4.